The summed E-state index contributed by atoms with van der Waals surface area (Å²) in [5.41, 5.74) is 2.70. The Bertz CT molecular complexity index is 623. The molecule has 1 unspecified atom stereocenters. The Morgan fingerprint density at radius 2 is 1.32 bits per heavy atom. The molecule has 0 radical (unpaired) electrons. The summed E-state index contributed by atoms with van der Waals surface area (Å²) in [7, 11) is 0. The molecular weight excluding hydrogens is 395 g/mol. The number of rotatable bonds is 9. The van der Waals surface area contributed by atoms with Crippen LogP contribution in [0, 0.1) is 0 Å². The van der Waals surface area contributed by atoms with Crippen molar-refractivity contribution in [2.24, 2.45) is 0 Å². The molecule has 6 heteroatoms. The molecule has 1 aliphatic heterocycles. The van der Waals surface area contributed by atoms with Crippen LogP contribution < -0.4 is 34.6 Å². The molecule has 2 aromatic rings. The van der Waals surface area contributed by atoms with Gasteiger partial charge in [0.2, 0.25) is 0 Å². The average molecular weight is 427 g/mol. The molecule has 4 nitrogen and oxygen atoms in total. The molecule has 0 aromatic heterocycles. The van der Waals surface area contributed by atoms with Crippen LogP contribution in [0.25, 0.3) is 0 Å². The van der Waals surface area contributed by atoms with Gasteiger partial charge >= 0.3 is 0 Å². The van der Waals surface area contributed by atoms with Gasteiger partial charge in [-0.1, -0.05) is 60.7 Å². The van der Waals surface area contributed by atoms with Crippen molar-refractivity contribution in [1.29, 1.82) is 0 Å². The molecular formula is C22H32Cl2N2O2. The van der Waals surface area contributed by atoms with Crippen LogP contribution in [0.1, 0.15) is 11.1 Å². The molecule has 28 heavy (non-hydrogen) atoms. The molecule has 1 heterocycles. The second-order valence-corrected chi connectivity index (χ2v) is 7.33. The van der Waals surface area contributed by atoms with E-state index in [0.717, 1.165) is 32.6 Å². The second kappa shape index (κ2) is 13.9. The summed E-state index contributed by atoms with van der Waals surface area (Å²) in [6, 6.07) is 21.1. The fraction of sp³-hybridized carbons (Fsp3) is 0.455. The predicted octanol–water partition coefficient (Wildman–Crippen LogP) is -6.40. The van der Waals surface area contributed by atoms with E-state index in [9.17, 15) is 5.11 Å². The van der Waals surface area contributed by atoms with Gasteiger partial charge in [-0.25, -0.2) is 0 Å². The minimum absolute atomic E-state index is 0. The summed E-state index contributed by atoms with van der Waals surface area (Å²) in [5.74, 6) is 0. The topological polar surface area (TPSA) is 38.3 Å². The summed E-state index contributed by atoms with van der Waals surface area (Å²) in [6.07, 6.45) is 0.540. The van der Waals surface area contributed by atoms with Gasteiger partial charge in [-0.05, 0) is 12.0 Å². The van der Waals surface area contributed by atoms with Crippen LogP contribution in [0.15, 0.2) is 60.7 Å². The number of ether oxygens (including phenoxy) is 1. The number of aliphatic hydroxyl groups excluding tert-OH is 1. The highest BCUT2D eigenvalue weighted by molar-refractivity contribution is 5.14. The van der Waals surface area contributed by atoms with Crippen molar-refractivity contribution in [3.05, 3.63) is 71.8 Å². The normalized spacial score (nSPS) is 19.9. The first kappa shape index (κ1) is 24.9. The number of aliphatic hydroxyl groups is 1. The standard InChI is InChI=1S/C22H30N2O2.2ClH/c25-22(19-26-16-11-20-7-3-1-4-8-20)18-24-14-12-23(13-15-24)17-21-9-5-2-6-10-21;;/h1-10,22,25H,11-19H2;2*1H. The van der Waals surface area contributed by atoms with Crippen LogP contribution in [0.4, 0.5) is 0 Å². The Kier molecular flexibility index (Phi) is 12.4. The SMILES string of the molecule is OC(COCCc1ccccc1)C[NH+]1CC[NH+](Cc2ccccc2)CC1.[Cl-].[Cl-]. The number of hydrogen-bond donors (Lipinski definition) is 3. The van der Waals surface area contributed by atoms with Crippen LogP contribution in [0.2, 0.25) is 0 Å². The van der Waals surface area contributed by atoms with E-state index in [1.807, 2.05) is 18.2 Å². The summed E-state index contributed by atoms with van der Waals surface area (Å²) >= 11 is 0. The lowest BCUT2D eigenvalue weighted by Crippen LogP contribution is -3.28. The molecule has 3 rings (SSSR count). The number of hydrogen-bond acceptors (Lipinski definition) is 2. The second-order valence-electron chi connectivity index (χ2n) is 7.33. The summed E-state index contributed by atoms with van der Waals surface area (Å²) < 4.78 is 5.67. The Hall–Kier alpha value is -1.14. The maximum Gasteiger partial charge on any atom is 0.127 e. The van der Waals surface area contributed by atoms with Gasteiger partial charge in [-0.3, -0.25) is 0 Å². The predicted molar refractivity (Wildman–Crippen MR) is 103 cm³/mol. The molecule has 1 atom stereocenters. The number of quaternary nitrogens is 2. The maximum atomic E-state index is 10.2. The van der Waals surface area contributed by atoms with E-state index in [4.69, 9.17) is 4.74 Å². The van der Waals surface area contributed by atoms with Crippen molar-refractivity contribution in [2.45, 2.75) is 19.1 Å². The third-order valence-electron chi connectivity index (χ3n) is 5.17. The third kappa shape index (κ3) is 8.91. The van der Waals surface area contributed by atoms with Crippen molar-refractivity contribution < 1.29 is 44.5 Å². The zero-order chi connectivity index (χ0) is 18.0. The van der Waals surface area contributed by atoms with Gasteiger partial charge in [0.15, 0.2) is 0 Å². The minimum Gasteiger partial charge on any atom is -1.00 e. The van der Waals surface area contributed by atoms with Gasteiger partial charge in [0.1, 0.15) is 45.4 Å². The molecule has 156 valence electrons. The Morgan fingerprint density at radius 3 is 1.93 bits per heavy atom. The Morgan fingerprint density at radius 1 is 0.786 bits per heavy atom. The van der Waals surface area contributed by atoms with Gasteiger partial charge in [0, 0.05) is 5.56 Å². The molecule has 0 aliphatic carbocycles. The fourth-order valence-electron chi connectivity index (χ4n) is 3.67. The molecule has 0 spiro atoms. The van der Waals surface area contributed by atoms with Crippen molar-refractivity contribution in [3.63, 3.8) is 0 Å². The van der Waals surface area contributed by atoms with E-state index >= 15 is 0 Å². The van der Waals surface area contributed by atoms with Crippen LogP contribution in [0.5, 0.6) is 0 Å². The molecule has 1 saturated heterocycles. The van der Waals surface area contributed by atoms with Gasteiger partial charge in [0.05, 0.1) is 13.2 Å². The molecule has 0 amide bonds. The highest BCUT2D eigenvalue weighted by Gasteiger charge is 2.24. The third-order valence-corrected chi connectivity index (χ3v) is 5.17. The molecule has 1 fully saturated rings. The van der Waals surface area contributed by atoms with Gasteiger partial charge in [-0.2, -0.15) is 0 Å². The molecule has 3 N–H and O–H groups in total. The monoisotopic (exact) mass is 426 g/mol. The summed E-state index contributed by atoms with van der Waals surface area (Å²) in [4.78, 5) is 3.15. The Labute approximate surface area is 181 Å². The zero-order valence-electron chi connectivity index (χ0n) is 16.3. The molecule has 2 aromatic carbocycles. The van der Waals surface area contributed by atoms with Gasteiger partial charge < -0.3 is 44.5 Å². The maximum absolute atomic E-state index is 10.2. The molecule has 0 saturated carbocycles. The van der Waals surface area contributed by atoms with Crippen LogP contribution in [0.3, 0.4) is 0 Å². The minimum atomic E-state index is -0.364. The van der Waals surface area contributed by atoms with E-state index in [1.54, 1.807) is 4.90 Å². The van der Waals surface area contributed by atoms with Crippen molar-refractivity contribution in [3.8, 4) is 0 Å². The van der Waals surface area contributed by atoms with Crippen LogP contribution in [-0.4, -0.2) is 57.1 Å². The first-order valence-corrected chi connectivity index (χ1v) is 9.80. The summed E-state index contributed by atoms with van der Waals surface area (Å²) in [5, 5.41) is 10.2. The lowest BCUT2D eigenvalue weighted by Gasteiger charge is -2.30. The van der Waals surface area contributed by atoms with Crippen LogP contribution >= 0.6 is 0 Å². The largest absolute Gasteiger partial charge is 1.00 e. The van der Waals surface area contributed by atoms with Crippen LogP contribution in [-0.2, 0) is 17.7 Å². The first-order chi connectivity index (χ1) is 12.8. The molecule has 0 bridgehead atoms. The van der Waals surface area contributed by atoms with Crippen molar-refractivity contribution in [2.75, 3.05) is 45.9 Å². The Balaban J connectivity index is 0.00000196. The smallest absolute Gasteiger partial charge is 0.127 e. The number of benzene rings is 2. The number of piperazine rings is 1. The quantitative estimate of drug-likeness (QED) is 0.349. The van der Waals surface area contributed by atoms with Crippen molar-refractivity contribution >= 4 is 0 Å². The van der Waals surface area contributed by atoms with Gasteiger partial charge in [-0.15, -0.1) is 0 Å². The van der Waals surface area contributed by atoms with E-state index in [2.05, 4.69) is 42.5 Å². The van der Waals surface area contributed by atoms with Crippen molar-refractivity contribution in [1.82, 2.24) is 0 Å². The van der Waals surface area contributed by atoms with E-state index in [0.29, 0.717) is 13.2 Å². The fourth-order valence-corrected chi connectivity index (χ4v) is 3.67. The highest BCUT2D eigenvalue weighted by Crippen LogP contribution is 1.99. The highest BCUT2D eigenvalue weighted by atomic mass is 35.5. The first-order valence-electron chi connectivity index (χ1n) is 9.80. The molecule has 1 aliphatic rings. The summed E-state index contributed by atoms with van der Waals surface area (Å²) in [6.45, 7) is 7.62. The zero-order valence-corrected chi connectivity index (χ0v) is 17.8. The van der Waals surface area contributed by atoms with E-state index in [-0.39, 0.29) is 30.9 Å². The lowest BCUT2D eigenvalue weighted by atomic mass is 10.2. The number of halogens is 2. The lowest BCUT2D eigenvalue weighted by molar-refractivity contribution is -1.02. The average Bonchev–Trinajstić information content (AvgIpc) is 2.68. The van der Waals surface area contributed by atoms with E-state index < -0.39 is 0 Å². The van der Waals surface area contributed by atoms with E-state index in [1.165, 1.54) is 29.1 Å². The number of nitrogens with one attached hydrogen (secondary N) is 2. The van der Waals surface area contributed by atoms with Gasteiger partial charge in [0.25, 0.3) is 0 Å².